The van der Waals surface area contributed by atoms with Crippen LogP contribution in [-0.4, -0.2) is 11.1 Å². The smallest absolute Gasteiger partial charge is 0.337 e. The van der Waals surface area contributed by atoms with Gasteiger partial charge in [-0.15, -0.1) is 0 Å². The van der Waals surface area contributed by atoms with E-state index >= 15 is 0 Å². The molecular weight excluding hydrogens is 276 g/mol. The highest BCUT2D eigenvalue weighted by Crippen LogP contribution is 2.32. The van der Waals surface area contributed by atoms with Gasteiger partial charge >= 0.3 is 5.97 Å². The summed E-state index contributed by atoms with van der Waals surface area (Å²) < 4.78 is 0. The summed E-state index contributed by atoms with van der Waals surface area (Å²) in [5.74, 6) is -1.07. The number of halogens is 1. The fraction of sp³-hybridized carbons (Fsp3) is 0.133. The number of rotatable bonds is 4. The van der Waals surface area contributed by atoms with Crippen LogP contribution in [-0.2, 0) is 0 Å². The van der Waals surface area contributed by atoms with Crippen LogP contribution >= 0.6 is 11.6 Å². The molecule has 0 amide bonds. The Labute approximate surface area is 122 Å². The van der Waals surface area contributed by atoms with Crippen molar-refractivity contribution < 1.29 is 9.90 Å². The molecule has 0 aromatic heterocycles. The zero-order valence-corrected chi connectivity index (χ0v) is 11.7. The average Bonchev–Trinajstić information content (AvgIpc) is 2.42. The summed E-state index contributed by atoms with van der Waals surface area (Å²) >= 11 is 6.10. The van der Waals surface area contributed by atoms with Crippen LogP contribution < -0.4 is 11.1 Å². The first kappa shape index (κ1) is 14.2. The number of carbonyl (C=O) groups is 1. The molecule has 1 atom stereocenters. The molecule has 0 aliphatic heterocycles. The average molecular weight is 291 g/mol. The standard InChI is InChI=1S/C15H15ClN2O2/c1-9(10-5-3-2-4-6-10)18-14-12(15(19)20)7-11(17)8-13(14)16/h2-9,18H,17H2,1H3,(H,19,20). The number of hydrogen-bond donors (Lipinski definition) is 3. The molecule has 104 valence electrons. The number of nitrogens with one attached hydrogen (secondary N) is 1. The number of carboxylic acid groups (broad SMARTS) is 1. The molecular formula is C15H15ClN2O2. The van der Waals surface area contributed by atoms with E-state index in [-0.39, 0.29) is 11.6 Å². The van der Waals surface area contributed by atoms with Gasteiger partial charge in [0.05, 0.1) is 16.3 Å². The maximum atomic E-state index is 11.3. The number of nitrogen functional groups attached to an aromatic ring is 1. The lowest BCUT2D eigenvalue weighted by Gasteiger charge is -2.19. The quantitative estimate of drug-likeness (QED) is 0.749. The third-order valence-electron chi connectivity index (χ3n) is 3.00. The molecule has 0 saturated carbocycles. The van der Waals surface area contributed by atoms with Gasteiger partial charge in [0.2, 0.25) is 0 Å². The third-order valence-corrected chi connectivity index (χ3v) is 3.30. The Morgan fingerprint density at radius 2 is 1.95 bits per heavy atom. The summed E-state index contributed by atoms with van der Waals surface area (Å²) in [6.07, 6.45) is 0. The zero-order chi connectivity index (χ0) is 14.7. The highest BCUT2D eigenvalue weighted by atomic mass is 35.5. The Morgan fingerprint density at radius 1 is 1.30 bits per heavy atom. The minimum Gasteiger partial charge on any atom is -0.478 e. The fourth-order valence-corrected chi connectivity index (χ4v) is 2.27. The van der Waals surface area contributed by atoms with Crippen molar-refractivity contribution in [1.82, 2.24) is 0 Å². The predicted molar refractivity (Wildman–Crippen MR) is 81.3 cm³/mol. The van der Waals surface area contributed by atoms with Crippen LogP contribution in [0.4, 0.5) is 11.4 Å². The van der Waals surface area contributed by atoms with Crippen molar-refractivity contribution >= 4 is 28.9 Å². The number of anilines is 2. The Morgan fingerprint density at radius 3 is 2.55 bits per heavy atom. The van der Waals surface area contributed by atoms with Crippen LogP contribution in [0.3, 0.4) is 0 Å². The van der Waals surface area contributed by atoms with Crippen molar-refractivity contribution in [3.63, 3.8) is 0 Å². The van der Waals surface area contributed by atoms with Gasteiger partial charge < -0.3 is 16.2 Å². The Hall–Kier alpha value is -2.20. The number of hydrogen-bond acceptors (Lipinski definition) is 3. The number of carboxylic acids is 1. The van der Waals surface area contributed by atoms with Crippen molar-refractivity contribution in [2.75, 3.05) is 11.1 Å². The second-order valence-corrected chi connectivity index (χ2v) is 4.91. The molecule has 1 unspecified atom stereocenters. The maximum absolute atomic E-state index is 11.3. The Bertz CT molecular complexity index is 629. The first-order valence-corrected chi connectivity index (χ1v) is 6.50. The highest BCUT2D eigenvalue weighted by Gasteiger charge is 2.17. The lowest BCUT2D eigenvalue weighted by molar-refractivity contribution is 0.0698. The fourth-order valence-electron chi connectivity index (χ4n) is 1.98. The van der Waals surface area contributed by atoms with Gasteiger partial charge in [-0.05, 0) is 24.6 Å². The summed E-state index contributed by atoms with van der Waals surface area (Å²) in [5, 5.41) is 12.7. The minimum absolute atomic E-state index is 0.0674. The van der Waals surface area contributed by atoms with E-state index in [1.165, 1.54) is 12.1 Å². The topological polar surface area (TPSA) is 75.3 Å². The first-order valence-electron chi connectivity index (χ1n) is 6.13. The van der Waals surface area contributed by atoms with E-state index < -0.39 is 5.97 Å². The van der Waals surface area contributed by atoms with Gasteiger partial charge in [0.1, 0.15) is 0 Å². The van der Waals surface area contributed by atoms with Gasteiger partial charge in [0.25, 0.3) is 0 Å². The normalized spacial score (nSPS) is 11.9. The van der Waals surface area contributed by atoms with Crippen LogP contribution in [0.1, 0.15) is 28.9 Å². The second-order valence-electron chi connectivity index (χ2n) is 4.51. The first-order chi connectivity index (χ1) is 9.49. The highest BCUT2D eigenvalue weighted by molar-refractivity contribution is 6.34. The molecule has 0 aliphatic carbocycles. The molecule has 0 saturated heterocycles. The number of aromatic carboxylic acids is 1. The van der Waals surface area contributed by atoms with E-state index in [4.69, 9.17) is 17.3 Å². The van der Waals surface area contributed by atoms with E-state index in [1.807, 2.05) is 37.3 Å². The molecule has 0 fully saturated rings. The van der Waals surface area contributed by atoms with Crippen LogP contribution in [0, 0.1) is 0 Å². The van der Waals surface area contributed by atoms with Gasteiger partial charge in [-0.3, -0.25) is 0 Å². The van der Waals surface area contributed by atoms with Gasteiger partial charge in [-0.2, -0.15) is 0 Å². The van der Waals surface area contributed by atoms with E-state index in [0.717, 1.165) is 5.56 Å². The largest absolute Gasteiger partial charge is 0.478 e. The molecule has 2 rings (SSSR count). The molecule has 0 radical (unpaired) electrons. The molecule has 2 aromatic carbocycles. The van der Waals surface area contributed by atoms with Crippen LogP contribution in [0.15, 0.2) is 42.5 Å². The van der Waals surface area contributed by atoms with Crippen LogP contribution in [0.25, 0.3) is 0 Å². The van der Waals surface area contributed by atoms with Crippen LogP contribution in [0.5, 0.6) is 0 Å². The van der Waals surface area contributed by atoms with Crippen molar-refractivity contribution in [2.24, 2.45) is 0 Å². The van der Waals surface area contributed by atoms with Gasteiger partial charge in [0.15, 0.2) is 0 Å². The van der Waals surface area contributed by atoms with Crippen molar-refractivity contribution in [2.45, 2.75) is 13.0 Å². The Balaban J connectivity index is 2.36. The molecule has 20 heavy (non-hydrogen) atoms. The monoisotopic (exact) mass is 290 g/mol. The molecule has 0 aliphatic rings. The molecule has 4 nitrogen and oxygen atoms in total. The van der Waals surface area contributed by atoms with Crippen molar-refractivity contribution in [1.29, 1.82) is 0 Å². The third kappa shape index (κ3) is 3.03. The van der Waals surface area contributed by atoms with Crippen molar-refractivity contribution in [3.8, 4) is 0 Å². The van der Waals surface area contributed by atoms with Crippen molar-refractivity contribution in [3.05, 3.63) is 58.6 Å². The molecule has 0 bridgehead atoms. The molecule has 2 aromatic rings. The SMILES string of the molecule is CC(Nc1c(Cl)cc(N)cc1C(=O)O)c1ccccc1. The minimum atomic E-state index is -1.07. The van der Waals surface area contributed by atoms with E-state index in [1.54, 1.807) is 0 Å². The van der Waals surface area contributed by atoms with Gasteiger partial charge in [-0.25, -0.2) is 4.79 Å². The second kappa shape index (κ2) is 5.84. The summed E-state index contributed by atoms with van der Waals surface area (Å²) in [6, 6.07) is 12.6. The molecule has 4 N–H and O–H groups in total. The summed E-state index contributed by atoms with van der Waals surface area (Å²) in [7, 11) is 0. The number of nitrogens with two attached hydrogens (primary N) is 1. The lowest BCUT2D eigenvalue weighted by atomic mass is 10.1. The molecule has 5 heteroatoms. The van der Waals surface area contributed by atoms with Crippen LogP contribution in [0.2, 0.25) is 5.02 Å². The predicted octanol–water partition coefficient (Wildman–Crippen LogP) is 3.79. The zero-order valence-electron chi connectivity index (χ0n) is 10.9. The number of benzene rings is 2. The van der Waals surface area contributed by atoms with E-state index in [9.17, 15) is 9.90 Å². The van der Waals surface area contributed by atoms with Gasteiger partial charge in [-0.1, -0.05) is 41.9 Å². The van der Waals surface area contributed by atoms with E-state index in [0.29, 0.717) is 16.4 Å². The molecule has 0 heterocycles. The summed E-state index contributed by atoms with van der Waals surface area (Å²) in [4.78, 5) is 11.3. The molecule has 0 spiro atoms. The maximum Gasteiger partial charge on any atom is 0.337 e. The summed E-state index contributed by atoms with van der Waals surface area (Å²) in [5.41, 5.74) is 7.44. The Kier molecular flexibility index (Phi) is 4.15. The lowest BCUT2D eigenvalue weighted by Crippen LogP contribution is -2.11. The van der Waals surface area contributed by atoms with Gasteiger partial charge in [0, 0.05) is 11.7 Å². The summed E-state index contributed by atoms with van der Waals surface area (Å²) in [6.45, 7) is 1.94. The van der Waals surface area contributed by atoms with E-state index in [2.05, 4.69) is 5.32 Å².